The third-order valence-corrected chi connectivity index (χ3v) is 2.64. The molecule has 0 aliphatic carbocycles. The average Bonchev–Trinajstić information content (AvgIpc) is 2.25. The van der Waals surface area contributed by atoms with E-state index in [0.29, 0.717) is 0 Å². The van der Waals surface area contributed by atoms with Crippen molar-refractivity contribution in [1.29, 1.82) is 0 Å². The molecule has 14 heavy (non-hydrogen) atoms. The minimum absolute atomic E-state index is 0.977. The summed E-state index contributed by atoms with van der Waals surface area (Å²) in [6.07, 6.45) is 1.17. The maximum atomic E-state index is 4.23. The van der Waals surface area contributed by atoms with Crippen molar-refractivity contribution in [2.75, 3.05) is 18.8 Å². The van der Waals surface area contributed by atoms with Crippen molar-refractivity contribution < 1.29 is 0 Å². The van der Waals surface area contributed by atoms with Gasteiger partial charge < -0.3 is 0 Å². The fourth-order valence-electron chi connectivity index (χ4n) is 1.48. The van der Waals surface area contributed by atoms with E-state index in [1.165, 1.54) is 12.0 Å². The van der Waals surface area contributed by atoms with Crippen molar-refractivity contribution in [3.63, 3.8) is 0 Å². The molecule has 0 N–H and O–H groups in total. The van der Waals surface area contributed by atoms with Crippen molar-refractivity contribution in [3.05, 3.63) is 35.9 Å². The Bertz CT molecular complexity index is 235. The lowest BCUT2D eigenvalue weighted by Crippen LogP contribution is -2.24. The van der Waals surface area contributed by atoms with Crippen LogP contribution in [0, 0.1) is 0 Å². The van der Waals surface area contributed by atoms with Crippen molar-refractivity contribution in [2.45, 2.75) is 19.9 Å². The summed E-state index contributed by atoms with van der Waals surface area (Å²) in [6, 6.07) is 10.6. The summed E-state index contributed by atoms with van der Waals surface area (Å²) in [5, 5.41) is 0. The highest BCUT2D eigenvalue weighted by molar-refractivity contribution is 7.80. The molecule has 0 saturated carbocycles. The molecule has 0 saturated heterocycles. The van der Waals surface area contributed by atoms with E-state index in [9.17, 15) is 0 Å². The van der Waals surface area contributed by atoms with Gasteiger partial charge in [-0.3, -0.25) is 4.90 Å². The van der Waals surface area contributed by atoms with E-state index in [1.54, 1.807) is 0 Å². The molecule has 1 aromatic carbocycles. The van der Waals surface area contributed by atoms with Gasteiger partial charge in [0, 0.05) is 6.54 Å². The molecule has 0 fully saturated rings. The quantitative estimate of drug-likeness (QED) is 0.705. The van der Waals surface area contributed by atoms with Gasteiger partial charge >= 0.3 is 0 Å². The van der Waals surface area contributed by atoms with Gasteiger partial charge in [0.05, 0.1) is 0 Å². The Hall–Kier alpha value is -0.470. The van der Waals surface area contributed by atoms with Crippen LogP contribution < -0.4 is 0 Å². The Labute approximate surface area is 92.5 Å². The molecule has 0 amide bonds. The molecule has 78 valence electrons. The summed E-state index contributed by atoms with van der Waals surface area (Å²) < 4.78 is 0. The van der Waals surface area contributed by atoms with E-state index in [2.05, 4.69) is 54.8 Å². The van der Waals surface area contributed by atoms with Gasteiger partial charge in [0.2, 0.25) is 0 Å². The van der Waals surface area contributed by atoms with Gasteiger partial charge in [0.25, 0.3) is 0 Å². The number of nitrogens with zero attached hydrogens (tertiary/aromatic N) is 1. The zero-order valence-corrected chi connectivity index (χ0v) is 9.71. The molecule has 0 radical (unpaired) electrons. The zero-order chi connectivity index (χ0) is 10.2. The normalized spacial score (nSPS) is 10.8. The van der Waals surface area contributed by atoms with Crippen molar-refractivity contribution in [2.24, 2.45) is 0 Å². The molecule has 2 heteroatoms. The van der Waals surface area contributed by atoms with Gasteiger partial charge in [0.1, 0.15) is 0 Å². The molecular formula is C12H19NS. The van der Waals surface area contributed by atoms with Gasteiger partial charge in [-0.1, -0.05) is 37.3 Å². The second kappa shape index (κ2) is 6.91. The van der Waals surface area contributed by atoms with E-state index in [4.69, 9.17) is 0 Å². The predicted octanol–water partition coefficient (Wildman–Crippen LogP) is 2.83. The number of thiol groups is 1. The first kappa shape index (κ1) is 11.6. The monoisotopic (exact) mass is 209 g/mol. The van der Waals surface area contributed by atoms with E-state index in [0.717, 1.165) is 25.4 Å². The maximum Gasteiger partial charge on any atom is 0.0233 e. The number of hydrogen-bond acceptors (Lipinski definition) is 2. The topological polar surface area (TPSA) is 3.24 Å². The summed E-state index contributed by atoms with van der Waals surface area (Å²) in [7, 11) is 0. The third-order valence-electron chi connectivity index (χ3n) is 2.33. The molecule has 0 aliphatic heterocycles. The Morgan fingerprint density at radius 3 is 2.50 bits per heavy atom. The Balaban J connectivity index is 2.40. The summed E-state index contributed by atoms with van der Waals surface area (Å²) in [6.45, 7) is 5.53. The Morgan fingerprint density at radius 2 is 1.93 bits per heavy atom. The van der Waals surface area contributed by atoms with Crippen LogP contribution in [-0.4, -0.2) is 23.7 Å². The predicted molar refractivity (Wildman–Crippen MR) is 65.9 cm³/mol. The minimum atomic E-state index is 0.977. The van der Waals surface area contributed by atoms with Crippen LogP contribution in [0.4, 0.5) is 0 Å². The third kappa shape index (κ3) is 4.16. The summed E-state index contributed by atoms with van der Waals surface area (Å²) in [5.74, 6) is 0.977. The molecule has 1 aromatic rings. The van der Waals surface area contributed by atoms with E-state index in [-0.39, 0.29) is 0 Å². The highest BCUT2D eigenvalue weighted by Gasteiger charge is 2.01. The van der Waals surface area contributed by atoms with Gasteiger partial charge in [-0.05, 0) is 30.8 Å². The van der Waals surface area contributed by atoms with Crippen LogP contribution in [0.3, 0.4) is 0 Å². The smallest absolute Gasteiger partial charge is 0.0233 e. The fourth-order valence-corrected chi connectivity index (χ4v) is 1.63. The maximum absolute atomic E-state index is 4.23. The van der Waals surface area contributed by atoms with Crippen LogP contribution in [-0.2, 0) is 6.54 Å². The number of benzene rings is 1. The minimum Gasteiger partial charge on any atom is -0.299 e. The van der Waals surface area contributed by atoms with Crippen molar-refractivity contribution in [1.82, 2.24) is 4.90 Å². The fraction of sp³-hybridized carbons (Fsp3) is 0.500. The van der Waals surface area contributed by atoms with Crippen LogP contribution in [0.2, 0.25) is 0 Å². The second-order valence-electron chi connectivity index (χ2n) is 3.43. The molecule has 0 aromatic heterocycles. The SMILES string of the molecule is CCN(CCCS)Cc1ccccc1. The van der Waals surface area contributed by atoms with Crippen LogP contribution in [0.5, 0.6) is 0 Å². The Morgan fingerprint density at radius 1 is 1.21 bits per heavy atom. The molecule has 1 rings (SSSR count). The molecule has 0 spiro atoms. The molecule has 0 atom stereocenters. The van der Waals surface area contributed by atoms with Gasteiger partial charge in [0.15, 0.2) is 0 Å². The van der Waals surface area contributed by atoms with E-state index >= 15 is 0 Å². The van der Waals surface area contributed by atoms with Crippen molar-refractivity contribution >= 4 is 12.6 Å². The lowest BCUT2D eigenvalue weighted by atomic mass is 10.2. The van der Waals surface area contributed by atoms with Crippen LogP contribution in [0.1, 0.15) is 18.9 Å². The van der Waals surface area contributed by atoms with E-state index < -0.39 is 0 Å². The first-order valence-corrected chi connectivity index (χ1v) is 5.87. The van der Waals surface area contributed by atoms with Gasteiger partial charge in [-0.15, -0.1) is 0 Å². The lowest BCUT2D eigenvalue weighted by molar-refractivity contribution is 0.281. The molecule has 0 bridgehead atoms. The van der Waals surface area contributed by atoms with Gasteiger partial charge in [-0.2, -0.15) is 12.6 Å². The van der Waals surface area contributed by atoms with Crippen LogP contribution in [0.15, 0.2) is 30.3 Å². The summed E-state index contributed by atoms with van der Waals surface area (Å²) >= 11 is 4.23. The Kier molecular flexibility index (Phi) is 5.72. The zero-order valence-electron chi connectivity index (χ0n) is 8.82. The molecular weight excluding hydrogens is 190 g/mol. The highest BCUT2D eigenvalue weighted by atomic mass is 32.1. The summed E-state index contributed by atoms with van der Waals surface area (Å²) in [5.41, 5.74) is 1.40. The summed E-state index contributed by atoms with van der Waals surface area (Å²) in [4.78, 5) is 2.45. The van der Waals surface area contributed by atoms with Crippen LogP contribution >= 0.6 is 12.6 Å². The van der Waals surface area contributed by atoms with Gasteiger partial charge in [-0.25, -0.2) is 0 Å². The van der Waals surface area contributed by atoms with Crippen molar-refractivity contribution in [3.8, 4) is 0 Å². The lowest BCUT2D eigenvalue weighted by Gasteiger charge is -2.19. The number of hydrogen-bond donors (Lipinski definition) is 1. The molecule has 0 aliphatic rings. The molecule has 0 heterocycles. The average molecular weight is 209 g/mol. The first-order valence-electron chi connectivity index (χ1n) is 5.24. The first-order chi connectivity index (χ1) is 6.86. The molecule has 1 nitrogen and oxygen atoms in total. The largest absolute Gasteiger partial charge is 0.299 e. The number of rotatable bonds is 6. The highest BCUT2D eigenvalue weighted by Crippen LogP contribution is 2.04. The second-order valence-corrected chi connectivity index (χ2v) is 3.88. The van der Waals surface area contributed by atoms with Crippen LogP contribution in [0.25, 0.3) is 0 Å². The molecule has 0 unspecified atom stereocenters. The standard InChI is InChI=1S/C12H19NS/c1-2-13(9-6-10-14)11-12-7-4-3-5-8-12/h3-5,7-8,14H,2,6,9-11H2,1H3. The van der Waals surface area contributed by atoms with E-state index in [1.807, 2.05) is 0 Å².